The smallest absolute Gasteiger partial charge is 0.264 e. The third-order valence-corrected chi connectivity index (χ3v) is 9.06. The summed E-state index contributed by atoms with van der Waals surface area (Å²) in [6.07, 6.45) is 0.606. The molecule has 0 heterocycles. The second-order valence-corrected chi connectivity index (χ2v) is 11.8. The molecule has 164 valence electrons. The van der Waals surface area contributed by atoms with E-state index in [4.69, 9.17) is 0 Å². The van der Waals surface area contributed by atoms with Crippen LogP contribution in [0.25, 0.3) is 0 Å². The Kier molecular flexibility index (Phi) is 7.24. The third kappa shape index (κ3) is 5.19. The molecule has 0 saturated heterocycles. The molecule has 0 bridgehead atoms. The normalized spacial score (nSPS) is 12.0. The van der Waals surface area contributed by atoms with Gasteiger partial charge in [0, 0.05) is 11.9 Å². The van der Waals surface area contributed by atoms with Crippen molar-refractivity contribution in [3.8, 4) is 0 Å². The fourth-order valence-corrected chi connectivity index (χ4v) is 6.09. The zero-order chi connectivity index (χ0) is 22.6. The molecule has 5 nitrogen and oxygen atoms in total. The average molecular weight is 522 g/mol. The fourth-order valence-electron chi connectivity index (χ4n) is 3.07. The third-order valence-electron chi connectivity index (χ3n) is 4.87. The van der Waals surface area contributed by atoms with E-state index < -0.39 is 19.9 Å². The summed E-state index contributed by atoms with van der Waals surface area (Å²) >= 11 is 3.35. The van der Waals surface area contributed by atoms with Gasteiger partial charge in [-0.15, -0.1) is 0 Å². The van der Waals surface area contributed by atoms with E-state index in [1.54, 1.807) is 60.7 Å². The molecular weight excluding hydrogens is 498 g/mol. The van der Waals surface area contributed by atoms with Crippen molar-refractivity contribution in [3.05, 3.63) is 83.9 Å². The summed E-state index contributed by atoms with van der Waals surface area (Å²) in [5.41, 5.74) is 2.36. The van der Waals surface area contributed by atoms with Gasteiger partial charge in [0.05, 0.1) is 20.4 Å². The number of hydrogen-bond donors (Lipinski definition) is 0. The molecule has 0 fully saturated rings. The first kappa shape index (κ1) is 23.5. The van der Waals surface area contributed by atoms with Crippen molar-refractivity contribution in [1.29, 1.82) is 0 Å². The molecule has 8 heteroatoms. The zero-order valence-corrected chi connectivity index (χ0v) is 20.5. The Labute approximate surface area is 192 Å². The van der Waals surface area contributed by atoms with Gasteiger partial charge in [0.1, 0.15) is 0 Å². The van der Waals surface area contributed by atoms with Crippen LogP contribution in [-0.4, -0.2) is 28.7 Å². The molecule has 0 aliphatic carbocycles. The summed E-state index contributed by atoms with van der Waals surface area (Å²) in [7, 11) is -7.47. The van der Waals surface area contributed by atoms with Crippen molar-refractivity contribution in [2.45, 2.75) is 35.0 Å². The summed E-state index contributed by atoms with van der Waals surface area (Å²) in [5, 5.41) is 0.646. The van der Waals surface area contributed by atoms with Crippen LogP contribution < -0.4 is 4.31 Å². The highest BCUT2D eigenvalue weighted by molar-refractivity contribution is 9.09. The molecule has 0 N–H and O–H groups in total. The number of benzene rings is 3. The second-order valence-electron chi connectivity index (χ2n) is 7.24. The SMILES string of the molecule is Cc1ccc(S(=O)(=O)c2ccc(N(CCCBr)S(=O)(=O)c3ccc(C)cc3)cc2)cc1. The van der Waals surface area contributed by atoms with Gasteiger partial charge in [0.25, 0.3) is 10.0 Å². The number of halogens is 1. The van der Waals surface area contributed by atoms with Gasteiger partial charge in [-0.3, -0.25) is 4.31 Å². The Morgan fingerprint density at radius 1 is 0.677 bits per heavy atom. The number of anilines is 1. The lowest BCUT2D eigenvalue weighted by atomic mass is 10.2. The Bertz CT molecular complexity index is 1240. The predicted molar refractivity (Wildman–Crippen MR) is 127 cm³/mol. The topological polar surface area (TPSA) is 71.5 Å². The van der Waals surface area contributed by atoms with Crippen LogP contribution >= 0.6 is 15.9 Å². The van der Waals surface area contributed by atoms with Gasteiger partial charge in [-0.2, -0.15) is 0 Å². The molecule has 0 unspecified atom stereocenters. The van der Waals surface area contributed by atoms with E-state index in [1.165, 1.54) is 16.4 Å². The van der Waals surface area contributed by atoms with Crippen LogP contribution in [0, 0.1) is 13.8 Å². The van der Waals surface area contributed by atoms with Crippen LogP contribution in [0.1, 0.15) is 17.5 Å². The van der Waals surface area contributed by atoms with Crippen LogP contribution in [0.15, 0.2) is 87.5 Å². The predicted octanol–water partition coefficient (Wildman–Crippen LogP) is 5.12. The molecule has 0 radical (unpaired) electrons. The van der Waals surface area contributed by atoms with Gasteiger partial charge in [-0.05, 0) is 68.8 Å². The van der Waals surface area contributed by atoms with E-state index in [2.05, 4.69) is 15.9 Å². The number of sulfone groups is 1. The lowest BCUT2D eigenvalue weighted by Crippen LogP contribution is -2.32. The molecule has 3 aromatic rings. The molecule has 0 amide bonds. The first-order valence-corrected chi connectivity index (χ1v) is 13.8. The summed E-state index contributed by atoms with van der Waals surface area (Å²) in [6, 6.07) is 19.3. The van der Waals surface area contributed by atoms with Gasteiger partial charge >= 0.3 is 0 Å². The van der Waals surface area contributed by atoms with Crippen molar-refractivity contribution < 1.29 is 16.8 Å². The van der Waals surface area contributed by atoms with E-state index >= 15 is 0 Å². The molecule has 0 atom stereocenters. The highest BCUT2D eigenvalue weighted by Gasteiger charge is 2.25. The van der Waals surface area contributed by atoms with E-state index in [9.17, 15) is 16.8 Å². The van der Waals surface area contributed by atoms with E-state index in [1.807, 2.05) is 13.8 Å². The maximum atomic E-state index is 13.3. The molecule has 0 aliphatic rings. The lowest BCUT2D eigenvalue weighted by Gasteiger charge is -2.24. The number of aryl methyl sites for hydroxylation is 2. The van der Waals surface area contributed by atoms with E-state index in [-0.39, 0.29) is 21.2 Å². The maximum Gasteiger partial charge on any atom is 0.264 e. The van der Waals surface area contributed by atoms with Crippen molar-refractivity contribution in [2.24, 2.45) is 0 Å². The number of alkyl halides is 1. The Morgan fingerprint density at radius 3 is 1.55 bits per heavy atom. The van der Waals surface area contributed by atoms with Crippen LogP contribution in [0.4, 0.5) is 5.69 Å². The molecular formula is C23H24BrNO4S2. The van der Waals surface area contributed by atoms with Crippen molar-refractivity contribution in [2.75, 3.05) is 16.2 Å². The molecule has 0 saturated carbocycles. The first-order valence-electron chi connectivity index (χ1n) is 9.73. The Balaban J connectivity index is 1.98. The quantitative estimate of drug-likeness (QED) is 0.385. The fraction of sp³-hybridized carbons (Fsp3) is 0.217. The van der Waals surface area contributed by atoms with Gasteiger partial charge in [0.2, 0.25) is 9.84 Å². The highest BCUT2D eigenvalue weighted by atomic mass is 79.9. The molecule has 31 heavy (non-hydrogen) atoms. The number of sulfonamides is 1. The molecule has 0 aromatic heterocycles. The number of rotatable bonds is 8. The molecule has 0 spiro atoms. The molecule has 3 aromatic carbocycles. The summed E-state index contributed by atoms with van der Waals surface area (Å²) in [6.45, 7) is 4.05. The lowest BCUT2D eigenvalue weighted by molar-refractivity contribution is 0.590. The van der Waals surface area contributed by atoms with Crippen LogP contribution in [0.2, 0.25) is 0 Å². The summed E-state index contributed by atoms with van der Waals surface area (Å²) in [5.74, 6) is 0. The monoisotopic (exact) mass is 521 g/mol. The van der Waals surface area contributed by atoms with Crippen molar-refractivity contribution in [3.63, 3.8) is 0 Å². The van der Waals surface area contributed by atoms with E-state index in [0.717, 1.165) is 11.1 Å². The minimum atomic E-state index is -3.79. The highest BCUT2D eigenvalue weighted by Crippen LogP contribution is 2.28. The average Bonchev–Trinajstić information content (AvgIpc) is 2.75. The number of hydrogen-bond acceptors (Lipinski definition) is 4. The Hall–Kier alpha value is -2.16. The van der Waals surface area contributed by atoms with Crippen LogP contribution in [0.5, 0.6) is 0 Å². The van der Waals surface area contributed by atoms with Gasteiger partial charge < -0.3 is 0 Å². The van der Waals surface area contributed by atoms with Crippen LogP contribution in [0.3, 0.4) is 0 Å². The minimum Gasteiger partial charge on any atom is -0.266 e. The van der Waals surface area contributed by atoms with Crippen LogP contribution in [-0.2, 0) is 19.9 Å². The maximum absolute atomic E-state index is 13.3. The summed E-state index contributed by atoms with van der Waals surface area (Å²) < 4.78 is 53.7. The van der Waals surface area contributed by atoms with Crippen molar-refractivity contribution >= 4 is 41.5 Å². The Morgan fingerprint density at radius 2 is 1.10 bits per heavy atom. The van der Waals surface area contributed by atoms with Crippen molar-refractivity contribution in [1.82, 2.24) is 0 Å². The first-order chi connectivity index (χ1) is 14.7. The minimum absolute atomic E-state index is 0.119. The van der Waals surface area contributed by atoms with Gasteiger partial charge in [-0.1, -0.05) is 51.3 Å². The molecule has 0 aliphatic heterocycles. The molecule has 3 rings (SSSR count). The standard InChI is InChI=1S/C23H24BrNO4S2/c1-18-4-10-21(11-5-18)30(26,27)22-14-8-20(9-15-22)25(17-3-16-24)31(28,29)23-12-6-19(2)7-13-23/h4-15H,3,16-17H2,1-2H3. The van der Waals surface area contributed by atoms with Gasteiger partial charge in [-0.25, -0.2) is 16.8 Å². The van der Waals surface area contributed by atoms with Gasteiger partial charge in [0.15, 0.2) is 0 Å². The van der Waals surface area contributed by atoms with E-state index in [0.29, 0.717) is 17.4 Å². The number of nitrogens with zero attached hydrogens (tertiary/aromatic N) is 1. The second kappa shape index (κ2) is 9.54. The zero-order valence-electron chi connectivity index (χ0n) is 17.3. The largest absolute Gasteiger partial charge is 0.266 e. The summed E-state index contributed by atoms with van der Waals surface area (Å²) in [4.78, 5) is 0.520.